The highest BCUT2D eigenvalue weighted by molar-refractivity contribution is 6.33. The Labute approximate surface area is 111 Å². The molecule has 0 bridgehead atoms. The van der Waals surface area contributed by atoms with Gasteiger partial charge in [0.05, 0.1) is 17.4 Å². The Balaban J connectivity index is 2.43. The van der Waals surface area contributed by atoms with Crippen molar-refractivity contribution in [1.82, 2.24) is 4.98 Å². The summed E-state index contributed by atoms with van der Waals surface area (Å²) in [5.41, 5.74) is -0.999. The van der Waals surface area contributed by atoms with Gasteiger partial charge in [0.15, 0.2) is 5.78 Å². The van der Waals surface area contributed by atoms with E-state index in [1.165, 1.54) is 12.3 Å². The molecule has 0 aliphatic heterocycles. The largest absolute Gasteiger partial charge is 0.469 e. The minimum atomic E-state index is -4.60. The minimum Gasteiger partial charge on any atom is -0.469 e. The number of aryl methyl sites for hydroxylation is 1. The maximum Gasteiger partial charge on any atom is 0.433 e. The first-order valence-corrected chi connectivity index (χ1v) is 5.51. The highest BCUT2D eigenvalue weighted by Crippen LogP contribution is 2.30. The van der Waals surface area contributed by atoms with E-state index in [1.807, 2.05) is 0 Å². The number of pyridine rings is 1. The number of alkyl halides is 3. The molecule has 0 radical (unpaired) electrons. The van der Waals surface area contributed by atoms with Crippen LogP contribution in [0.4, 0.5) is 13.2 Å². The lowest BCUT2D eigenvalue weighted by molar-refractivity contribution is -0.141. The van der Waals surface area contributed by atoms with Gasteiger partial charge in [-0.25, -0.2) is 4.98 Å². The summed E-state index contributed by atoms with van der Waals surface area (Å²) in [6.45, 7) is 1.57. The molecule has 0 aromatic carbocycles. The van der Waals surface area contributed by atoms with Crippen LogP contribution in [0.15, 0.2) is 28.9 Å². The van der Waals surface area contributed by atoms with Gasteiger partial charge in [0.1, 0.15) is 16.6 Å². The molecule has 2 heterocycles. The van der Waals surface area contributed by atoms with Crippen molar-refractivity contribution in [3.63, 3.8) is 0 Å². The Morgan fingerprint density at radius 1 is 1.26 bits per heavy atom. The van der Waals surface area contributed by atoms with Gasteiger partial charge in [-0.1, -0.05) is 11.6 Å². The fourth-order valence-corrected chi connectivity index (χ4v) is 1.77. The van der Waals surface area contributed by atoms with E-state index in [-0.39, 0.29) is 11.1 Å². The molecule has 2 aromatic heterocycles. The molecule has 0 amide bonds. The fourth-order valence-electron chi connectivity index (χ4n) is 1.53. The SMILES string of the molecule is Cc1occc1C(=O)c1ccc(C(F)(F)F)nc1Cl. The van der Waals surface area contributed by atoms with Gasteiger partial charge in [-0.2, -0.15) is 13.2 Å². The number of carbonyl (C=O) groups is 1. The second kappa shape index (κ2) is 4.70. The van der Waals surface area contributed by atoms with Crippen LogP contribution >= 0.6 is 11.6 Å². The van der Waals surface area contributed by atoms with Gasteiger partial charge in [-0.15, -0.1) is 0 Å². The van der Waals surface area contributed by atoms with E-state index in [0.29, 0.717) is 11.8 Å². The van der Waals surface area contributed by atoms with Crippen LogP contribution < -0.4 is 0 Å². The second-order valence-electron chi connectivity index (χ2n) is 3.75. The number of ketones is 1. The molecule has 0 N–H and O–H groups in total. The lowest BCUT2D eigenvalue weighted by Crippen LogP contribution is -2.11. The highest BCUT2D eigenvalue weighted by atomic mass is 35.5. The standard InChI is InChI=1S/C12H7ClF3NO2/c1-6-7(4-5-19-6)10(18)8-2-3-9(12(14,15)16)17-11(8)13/h2-5H,1H3. The van der Waals surface area contributed by atoms with Crippen LogP contribution in [0.2, 0.25) is 5.15 Å². The van der Waals surface area contributed by atoms with Crippen LogP contribution in [-0.4, -0.2) is 10.8 Å². The number of carbonyl (C=O) groups excluding carboxylic acids is 1. The number of halogens is 4. The number of hydrogen-bond donors (Lipinski definition) is 0. The van der Waals surface area contributed by atoms with Gasteiger partial charge in [0.25, 0.3) is 0 Å². The summed E-state index contributed by atoms with van der Waals surface area (Å²) in [4.78, 5) is 15.2. The maximum absolute atomic E-state index is 12.4. The summed E-state index contributed by atoms with van der Waals surface area (Å²) in [6, 6.07) is 3.15. The molecule has 3 nitrogen and oxygen atoms in total. The summed E-state index contributed by atoms with van der Waals surface area (Å²) in [6.07, 6.45) is -3.29. The van der Waals surface area contributed by atoms with E-state index in [4.69, 9.17) is 16.0 Å². The predicted octanol–water partition coefficient (Wildman–Crippen LogP) is 3.89. The van der Waals surface area contributed by atoms with E-state index in [1.54, 1.807) is 6.92 Å². The van der Waals surface area contributed by atoms with Crippen LogP contribution in [0.5, 0.6) is 0 Å². The first-order valence-electron chi connectivity index (χ1n) is 5.13. The molecule has 2 aromatic rings. The molecular weight excluding hydrogens is 283 g/mol. The molecule has 0 spiro atoms. The van der Waals surface area contributed by atoms with Gasteiger partial charge >= 0.3 is 6.18 Å². The van der Waals surface area contributed by atoms with Crippen LogP contribution in [0.25, 0.3) is 0 Å². The third-order valence-electron chi connectivity index (χ3n) is 2.49. The summed E-state index contributed by atoms with van der Waals surface area (Å²) in [5, 5.41) is -0.486. The van der Waals surface area contributed by atoms with Crippen molar-refractivity contribution < 1.29 is 22.4 Å². The first kappa shape index (κ1) is 13.6. The zero-order valence-corrected chi connectivity index (χ0v) is 10.3. The van der Waals surface area contributed by atoms with Crippen LogP contribution in [0, 0.1) is 6.92 Å². The van der Waals surface area contributed by atoms with Crippen molar-refractivity contribution in [2.24, 2.45) is 0 Å². The lowest BCUT2D eigenvalue weighted by Gasteiger charge is -2.08. The molecule has 7 heteroatoms. The molecule has 0 saturated carbocycles. The van der Waals surface area contributed by atoms with Gasteiger partial charge < -0.3 is 4.42 Å². The van der Waals surface area contributed by atoms with E-state index < -0.39 is 22.8 Å². The van der Waals surface area contributed by atoms with Crippen LogP contribution in [0.1, 0.15) is 27.4 Å². The maximum atomic E-state index is 12.4. The Bertz CT molecular complexity index is 634. The Morgan fingerprint density at radius 3 is 2.42 bits per heavy atom. The molecule has 0 atom stereocenters. The van der Waals surface area contributed by atoms with Crippen molar-refractivity contribution in [3.05, 3.63) is 52.2 Å². The molecule has 100 valence electrons. The molecule has 19 heavy (non-hydrogen) atoms. The monoisotopic (exact) mass is 289 g/mol. The Kier molecular flexibility index (Phi) is 3.36. The van der Waals surface area contributed by atoms with Crippen LogP contribution in [-0.2, 0) is 6.18 Å². The van der Waals surface area contributed by atoms with Crippen molar-refractivity contribution >= 4 is 17.4 Å². The molecule has 0 unspecified atom stereocenters. The number of hydrogen-bond acceptors (Lipinski definition) is 3. The average molecular weight is 290 g/mol. The van der Waals surface area contributed by atoms with E-state index in [9.17, 15) is 18.0 Å². The normalized spacial score (nSPS) is 11.6. The first-order chi connectivity index (χ1) is 8.80. The lowest BCUT2D eigenvalue weighted by atomic mass is 10.1. The smallest absolute Gasteiger partial charge is 0.433 e. The van der Waals surface area contributed by atoms with Crippen LogP contribution in [0.3, 0.4) is 0 Å². The topological polar surface area (TPSA) is 43.1 Å². The molecule has 0 saturated heterocycles. The van der Waals surface area contributed by atoms with Gasteiger partial charge in [0, 0.05) is 0 Å². The average Bonchev–Trinajstić information content (AvgIpc) is 2.73. The molecule has 0 fully saturated rings. The molecular formula is C12H7ClF3NO2. The van der Waals surface area contributed by atoms with Crippen molar-refractivity contribution in [3.8, 4) is 0 Å². The Morgan fingerprint density at radius 2 is 1.95 bits per heavy atom. The Hall–Kier alpha value is -1.82. The third-order valence-corrected chi connectivity index (χ3v) is 2.78. The third kappa shape index (κ3) is 2.63. The van der Waals surface area contributed by atoms with Gasteiger partial charge in [0.2, 0.25) is 0 Å². The zero-order chi connectivity index (χ0) is 14.2. The van der Waals surface area contributed by atoms with E-state index >= 15 is 0 Å². The number of nitrogens with zero attached hydrogens (tertiary/aromatic N) is 1. The van der Waals surface area contributed by atoms with Gasteiger partial charge in [-0.05, 0) is 25.1 Å². The predicted molar refractivity (Wildman–Crippen MR) is 61.1 cm³/mol. The minimum absolute atomic E-state index is 0.0980. The number of rotatable bonds is 2. The zero-order valence-electron chi connectivity index (χ0n) is 9.58. The van der Waals surface area contributed by atoms with Crippen molar-refractivity contribution in [2.75, 3.05) is 0 Å². The number of aromatic nitrogens is 1. The summed E-state index contributed by atoms with van der Waals surface area (Å²) in [7, 11) is 0. The second-order valence-corrected chi connectivity index (χ2v) is 4.11. The summed E-state index contributed by atoms with van der Waals surface area (Å²) >= 11 is 5.64. The molecule has 0 aliphatic carbocycles. The molecule has 2 rings (SSSR count). The van der Waals surface area contributed by atoms with E-state index in [0.717, 1.165) is 6.07 Å². The van der Waals surface area contributed by atoms with Gasteiger partial charge in [-0.3, -0.25) is 4.79 Å². The highest BCUT2D eigenvalue weighted by Gasteiger charge is 2.33. The summed E-state index contributed by atoms with van der Waals surface area (Å²) < 4.78 is 42.2. The quantitative estimate of drug-likeness (QED) is 0.622. The fraction of sp³-hybridized carbons (Fsp3) is 0.167. The van der Waals surface area contributed by atoms with E-state index in [2.05, 4.69) is 4.98 Å². The molecule has 0 aliphatic rings. The van der Waals surface area contributed by atoms with Crippen molar-refractivity contribution in [2.45, 2.75) is 13.1 Å². The number of furan rings is 1. The van der Waals surface area contributed by atoms with Crippen molar-refractivity contribution in [1.29, 1.82) is 0 Å². The summed E-state index contributed by atoms with van der Waals surface area (Å²) in [5.74, 6) is -0.168.